The van der Waals surface area contributed by atoms with Crippen LogP contribution in [0.1, 0.15) is 63.0 Å². The summed E-state index contributed by atoms with van der Waals surface area (Å²) < 4.78 is 13.4. The molecule has 2 heterocycles. The Bertz CT molecular complexity index is 1180. The van der Waals surface area contributed by atoms with Gasteiger partial charge in [-0.15, -0.1) is 10.2 Å². The highest BCUT2D eigenvalue weighted by atomic mass is 16.5. The smallest absolute Gasteiger partial charge is 0.407 e. The third kappa shape index (κ3) is 11.0. The summed E-state index contributed by atoms with van der Waals surface area (Å²) >= 11 is 0. The molecule has 1 amide bonds. The van der Waals surface area contributed by atoms with Crippen molar-refractivity contribution in [1.82, 2.24) is 25.2 Å². The monoisotopic (exact) mass is 556 g/mol. The lowest BCUT2D eigenvalue weighted by Crippen LogP contribution is -2.52. The number of Topliss-reactive ketones (excluding diaryl/α,β-unsaturated/α-hetero) is 1. The van der Waals surface area contributed by atoms with Gasteiger partial charge < -0.3 is 37.3 Å². The molecule has 8 N–H and O–H groups in total. The van der Waals surface area contributed by atoms with Gasteiger partial charge in [0.05, 0.1) is 25.1 Å². The summed E-state index contributed by atoms with van der Waals surface area (Å²) in [6.07, 6.45) is 2.21. The van der Waals surface area contributed by atoms with E-state index in [1.807, 2.05) is 40.8 Å². The number of fused-ring (bicyclic) bond motifs is 1. The number of benzene rings is 1. The van der Waals surface area contributed by atoms with Crippen LogP contribution in [0, 0.1) is 0 Å². The molecule has 220 valence electrons. The third-order valence-corrected chi connectivity index (χ3v) is 6.18. The fourth-order valence-corrected chi connectivity index (χ4v) is 3.52. The van der Waals surface area contributed by atoms with E-state index >= 15 is 0 Å². The van der Waals surface area contributed by atoms with E-state index < -0.39 is 11.8 Å². The number of nitrogens with one attached hydrogen (secondary N) is 2. The van der Waals surface area contributed by atoms with Crippen LogP contribution < -0.4 is 27.8 Å². The normalized spacial score (nSPS) is 12.8. The van der Waals surface area contributed by atoms with Crippen molar-refractivity contribution in [1.29, 1.82) is 0 Å². The van der Waals surface area contributed by atoms with Gasteiger partial charge in [0, 0.05) is 12.5 Å². The maximum absolute atomic E-state index is 12.1. The van der Waals surface area contributed by atoms with Crippen LogP contribution in [0.5, 0.6) is 0 Å². The van der Waals surface area contributed by atoms with E-state index in [0.29, 0.717) is 18.9 Å². The first-order chi connectivity index (χ1) is 19.1. The zero-order chi connectivity index (χ0) is 29.5. The molecule has 0 radical (unpaired) electrons. The molecule has 2 unspecified atom stereocenters. The maximum Gasteiger partial charge on any atom is 0.407 e. The zero-order valence-corrected chi connectivity index (χ0v) is 23.9. The predicted octanol–water partition coefficient (Wildman–Crippen LogP) is 2.16. The van der Waals surface area contributed by atoms with Gasteiger partial charge >= 0.3 is 6.09 Å². The van der Waals surface area contributed by atoms with Gasteiger partial charge in [-0.2, -0.15) is 0 Å². The number of hydrogen-bond acceptors (Lipinski definition) is 10. The van der Waals surface area contributed by atoms with Crippen molar-refractivity contribution in [3.05, 3.63) is 65.6 Å². The molecule has 0 spiro atoms. The van der Waals surface area contributed by atoms with Gasteiger partial charge in [-0.25, -0.2) is 4.79 Å². The van der Waals surface area contributed by atoms with E-state index in [4.69, 9.17) is 26.7 Å². The number of pyridine rings is 1. The highest BCUT2D eigenvalue weighted by molar-refractivity contribution is 5.84. The summed E-state index contributed by atoms with van der Waals surface area (Å²) in [5.74, 6) is 0.697. The SMILES string of the molecule is CC(=O)C(C)(N)N.CCCCC(COCc1ccccc1)c1nnc2cccc(COC(=O)NCC(N)NC)n12. The van der Waals surface area contributed by atoms with Crippen LogP contribution in [0.3, 0.4) is 0 Å². The number of rotatable bonds is 14. The molecule has 0 fully saturated rings. The number of ether oxygens (including phenoxy) is 2. The first kappa shape index (κ1) is 32.8. The summed E-state index contributed by atoms with van der Waals surface area (Å²) in [6.45, 7) is 6.44. The van der Waals surface area contributed by atoms with Gasteiger partial charge in [-0.05, 0) is 45.0 Å². The number of unbranched alkanes of at least 4 members (excludes halogenated alkanes) is 1. The van der Waals surface area contributed by atoms with Crippen molar-refractivity contribution in [2.45, 2.75) is 71.0 Å². The summed E-state index contributed by atoms with van der Waals surface area (Å²) in [7, 11) is 1.73. The van der Waals surface area contributed by atoms with Crippen molar-refractivity contribution < 1.29 is 19.1 Å². The molecule has 0 bridgehead atoms. The average molecular weight is 557 g/mol. The Kier molecular flexibility index (Phi) is 13.6. The fourth-order valence-electron chi connectivity index (χ4n) is 3.52. The number of ketones is 1. The molecule has 40 heavy (non-hydrogen) atoms. The standard InChI is InChI=1S/C24H34N6O3.C4H10N2O/c1-3-4-11-19(16-32-15-18-9-6-5-7-10-18)23-29-28-22-13-8-12-20(30(22)23)17-33-24(31)27-14-21(25)26-2;1-3(7)4(2,5)6/h5-10,12-13,19,21,26H,3-4,11,14-17,25H2,1-2H3,(H,27,31);5-6H2,1-2H3. The van der Waals surface area contributed by atoms with Crippen LogP contribution in [-0.4, -0.2) is 58.5 Å². The number of nitrogens with two attached hydrogens (primary N) is 3. The Morgan fingerprint density at radius 3 is 2.40 bits per heavy atom. The van der Waals surface area contributed by atoms with E-state index in [-0.39, 0.29) is 31.0 Å². The minimum Gasteiger partial charge on any atom is -0.443 e. The van der Waals surface area contributed by atoms with Crippen molar-refractivity contribution in [2.24, 2.45) is 17.2 Å². The molecule has 3 aromatic rings. The Morgan fingerprint density at radius 1 is 1.07 bits per heavy atom. The second kappa shape index (κ2) is 16.6. The molecule has 0 aliphatic rings. The first-order valence-electron chi connectivity index (χ1n) is 13.4. The van der Waals surface area contributed by atoms with Crippen LogP contribution in [0.2, 0.25) is 0 Å². The summed E-state index contributed by atoms with van der Waals surface area (Å²) in [5, 5.41) is 14.3. The molecule has 2 aromatic heterocycles. The number of carbonyl (C=O) groups excluding carboxylic acids is 2. The summed E-state index contributed by atoms with van der Waals surface area (Å²) in [4.78, 5) is 22.3. The molecule has 1 aromatic carbocycles. The Balaban J connectivity index is 0.000000708. The number of alkyl carbamates (subject to hydrolysis) is 1. The number of amides is 1. The molecule has 0 aliphatic carbocycles. The van der Waals surface area contributed by atoms with E-state index in [9.17, 15) is 9.59 Å². The Labute approximate surface area is 236 Å². The highest BCUT2D eigenvalue weighted by Crippen LogP contribution is 2.24. The van der Waals surface area contributed by atoms with Gasteiger partial charge in [0.2, 0.25) is 0 Å². The van der Waals surface area contributed by atoms with Crippen molar-refractivity contribution in [3.63, 3.8) is 0 Å². The zero-order valence-electron chi connectivity index (χ0n) is 23.9. The van der Waals surface area contributed by atoms with Crippen molar-refractivity contribution >= 4 is 17.5 Å². The molecule has 3 rings (SSSR count). The molecule has 12 heteroatoms. The number of aromatic nitrogens is 3. The summed E-state index contributed by atoms with van der Waals surface area (Å²) in [6, 6.07) is 15.8. The molecule has 12 nitrogen and oxygen atoms in total. The largest absolute Gasteiger partial charge is 0.443 e. The molecule has 2 atom stereocenters. The topological polar surface area (TPSA) is 185 Å². The number of nitrogens with zero attached hydrogens (tertiary/aromatic N) is 3. The van der Waals surface area contributed by atoms with E-state index in [2.05, 4.69) is 39.9 Å². The van der Waals surface area contributed by atoms with Gasteiger partial charge in [0.15, 0.2) is 11.4 Å². The van der Waals surface area contributed by atoms with Gasteiger partial charge in [-0.1, -0.05) is 56.2 Å². The fraction of sp³-hybridized carbons (Fsp3) is 0.500. The minimum atomic E-state index is -1.14. The van der Waals surface area contributed by atoms with E-state index in [0.717, 1.165) is 36.3 Å². The van der Waals surface area contributed by atoms with Gasteiger partial charge in [0.25, 0.3) is 0 Å². The minimum absolute atomic E-state index is 0.0762. The van der Waals surface area contributed by atoms with E-state index in [1.54, 1.807) is 7.05 Å². The number of likely N-dealkylation sites (N-methyl/N-ethyl adjacent to an activating group) is 1. The quantitative estimate of drug-likeness (QED) is 0.184. The Morgan fingerprint density at radius 2 is 1.77 bits per heavy atom. The van der Waals surface area contributed by atoms with Crippen LogP contribution >= 0.6 is 0 Å². The van der Waals surface area contributed by atoms with Crippen LogP contribution in [-0.2, 0) is 27.5 Å². The molecular weight excluding hydrogens is 512 g/mol. The van der Waals surface area contributed by atoms with Gasteiger partial charge in [0.1, 0.15) is 18.1 Å². The van der Waals surface area contributed by atoms with Crippen LogP contribution in [0.4, 0.5) is 4.79 Å². The third-order valence-electron chi connectivity index (χ3n) is 6.18. The molecule has 0 saturated carbocycles. The first-order valence-corrected chi connectivity index (χ1v) is 13.4. The van der Waals surface area contributed by atoms with Crippen LogP contribution in [0.15, 0.2) is 48.5 Å². The number of carbonyl (C=O) groups is 2. The Hall–Kier alpha value is -3.42. The average Bonchev–Trinajstić information content (AvgIpc) is 3.37. The molecule has 0 saturated heterocycles. The second-order valence-electron chi connectivity index (χ2n) is 9.80. The lowest BCUT2D eigenvalue weighted by molar-refractivity contribution is -0.121. The van der Waals surface area contributed by atoms with Gasteiger partial charge in [-0.3, -0.25) is 9.20 Å². The van der Waals surface area contributed by atoms with Crippen molar-refractivity contribution in [2.75, 3.05) is 20.2 Å². The van der Waals surface area contributed by atoms with Crippen LogP contribution in [0.25, 0.3) is 5.65 Å². The predicted molar refractivity (Wildman–Crippen MR) is 154 cm³/mol. The summed E-state index contributed by atoms with van der Waals surface area (Å²) in [5.41, 5.74) is 17.5. The number of hydrogen-bond donors (Lipinski definition) is 5. The van der Waals surface area contributed by atoms with Crippen molar-refractivity contribution in [3.8, 4) is 0 Å². The highest BCUT2D eigenvalue weighted by Gasteiger charge is 2.21. The molecule has 0 aliphatic heterocycles. The molecular formula is C28H44N8O4. The maximum atomic E-state index is 12.1. The second-order valence-corrected chi connectivity index (χ2v) is 9.80. The van der Waals surface area contributed by atoms with E-state index in [1.165, 1.54) is 13.8 Å². The lowest BCUT2D eigenvalue weighted by atomic mass is 10.0. The lowest BCUT2D eigenvalue weighted by Gasteiger charge is -2.17.